The lowest BCUT2D eigenvalue weighted by Crippen LogP contribution is -2.38. The average Bonchev–Trinajstić information content (AvgIpc) is 3.19. The Morgan fingerprint density at radius 3 is 2.21 bits per heavy atom. The summed E-state index contributed by atoms with van der Waals surface area (Å²) in [5, 5.41) is 2.74. The SMILES string of the molecule is O=C(NCC(Cl)C1CC1)C1CCC(C(F)(F)F)CC1. The summed E-state index contributed by atoms with van der Waals surface area (Å²) in [5.41, 5.74) is 0. The van der Waals surface area contributed by atoms with Crippen LogP contribution in [0.15, 0.2) is 0 Å². The second-order valence-electron chi connectivity index (χ2n) is 5.69. The van der Waals surface area contributed by atoms with Gasteiger partial charge in [0.05, 0.1) is 11.3 Å². The Labute approximate surface area is 116 Å². The van der Waals surface area contributed by atoms with E-state index in [0.717, 1.165) is 12.8 Å². The molecule has 0 bridgehead atoms. The zero-order valence-corrected chi connectivity index (χ0v) is 11.4. The molecule has 110 valence electrons. The molecular weight excluding hydrogens is 279 g/mol. The fourth-order valence-corrected chi connectivity index (χ4v) is 2.98. The summed E-state index contributed by atoms with van der Waals surface area (Å²) in [6, 6.07) is 0. The Morgan fingerprint density at radius 1 is 1.16 bits per heavy atom. The summed E-state index contributed by atoms with van der Waals surface area (Å²) < 4.78 is 37.5. The topological polar surface area (TPSA) is 29.1 Å². The van der Waals surface area contributed by atoms with E-state index in [-0.39, 0.29) is 30.0 Å². The molecule has 0 aliphatic heterocycles. The molecule has 1 amide bonds. The van der Waals surface area contributed by atoms with E-state index in [1.54, 1.807) is 0 Å². The molecule has 0 aromatic rings. The van der Waals surface area contributed by atoms with E-state index in [4.69, 9.17) is 11.6 Å². The van der Waals surface area contributed by atoms with Crippen LogP contribution < -0.4 is 5.32 Å². The zero-order valence-electron chi connectivity index (χ0n) is 10.7. The number of alkyl halides is 4. The summed E-state index contributed by atoms with van der Waals surface area (Å²) in [6.45, 7) is 0.435. The third-order valence-corrected chi connectivity index (χ3v) is 4.68. The molecule has 2 aliphatic rings. The summed E-state index contributed by atoms with van der Waals surface area (Å²) in [5.74, 6) is -1.14. The van der Waals surface area contributed by atoms with Crippen LogP contribution in [-0.2, 0) is 4.79 Å². The Kier molecular flexibility index (Phi) is 4.64. The first-order valence-electron chi connectivity index (χ1n) is 6.86. The number of hydrogen-bond acceptors (Lipinski definition) is 1. The molecule has 2 saturated carbocycles. The van der Waals surface area contributed by atoms with Gasteiger partial charge in [0, 0.05) is 12.5 Å². The van der Waals surface area contributed by atoms with Crippen LogP contribution in [0.5, 0.6) is 0 Å². The Balaban J connectivity index is 1.70. The number of hydrogen-bond donors (Lipinski definition) is 1. The Hall–Kier alpha value is -0.450. The van der Waals surface area contributed by atoms with Crippen molar-refractivity contribution in [3.05, 3.63) is 0 Å². The molecule has 2 rings (SSSR count). The highest BCUT2D eigenvalue weighted by atomic mass is 35.5. The fraction of sp³-hybridized carbons (Fsp3) is 0.923. The molecule has 0 aromatic heterocycles. The lowest BCUT2D eigenvalue weighted by molar-refractivity contribution is -0.184. The van der Waals surface area contributed by atoms with E-state index in [1.165, 1.54) is 0 Å². The number of carbonyl (C=O) groups is 1. The molecule has 6 heteroatoms. The van der Waals surface area contributed by atoms with Crippen molar-refractivity contribution in [3.8, 4) is 0 Å². The predicted octanol–water partition coefficient (Wildman–Crippen LogP) is 3.49. The lowest BCUT2D eigenvalue weighted by atomic mass is 9.81. The van der Waals surface area contributed by atoms with Gasteiger partial charge in [-0.3, -0.25) is 4.79 Å². The van der Waals surface area contributed by atoms with Gasteiger partial charge in [0.25, 0.3) is 0 Å². The maximum atomic E-state index is 12.5. The Morgan fingerprint density at radius 2 is 1.74 bits per heavy atom. The lowest BCUT2D eigenvalue weighted by Gasteiger charge is -2.29. The van der Waals surface area contributed by atoms with E-state index >= 15 is 0 Å². The minimum absolute atomic E-state index is 0.0320. The molecule has 1 unspecified atom stereocenters. The third-order valence-electron chi connectivity index (χ3n) is 4.17. The third kappa shape index (κ3) is 4.26. The van der Waals surface area contributed by atoms with Crippen LogP contribution in [-0.4, -0.2) is 24.0 Å². The molecule has 2 nitrogen and oxygen atoms in total. The van der Waals surface area contributed by atoms with Crippen molar-refractivity contribution in [1.29, 1.82) is 0 Å². The normalized spacial score (nSPS) is 29.9. The van der Waals surface area contributed by atoms with Crippen LogP contribution in [0.3, 0.4) is 0 Å². The number of carbonyl (C=O) groups excluding carboxylic acids is 1. The van der Waals surface area contributed by atoms with Crippen molar-refractivity contribution in [3.63, 3.8) is 0 Å². The number of rotatable bonds is 4. The zero-order chi connectivity index (χ0) is 14.0. The highest BCUT2D eigenvalue weighted by molar-refractivity contribution is 6.21. The monoisotopic (exact) mass is 297 g/mol. The van der Waals surface area contributed by atoms with Crippen LogP contribution in [0.25, 0.3) is 0 Å². The first-order valence-corrected chi connectivity index (χ1v) is 7.30. The van der Waals surface area contributed by atoms with Gasteiger partial charge in [-0.1, -0.05) is 0 Å². The molecular formula is C13H19ClF3NO. The molecule has 1 N–H and O–H groups in total. The summed E-state index contributed by atoms with van der Waals surface area (Å²) in [7, 11) is 0. The van der Waals surface area contributed by atoms with E-state index in [1.807, 2.05) is 0 Å². The smallest absolute Gasteiger partial charge is 0.354 e. The molecule has 2 aliphatic carbocycles. The van der Waals surface area contributed by atoms with Gasteiger partial charge in [-0.15, -0.1) is 11.6 Å². The molecule has 0 saturated heterocycles. The fourth-order valence-electron chi connectivity index (χ4n) is 2.65. The van der Waals surface area contributed by atoms with Crippen molar-refractivity contribution >= 4 is 17.5 Å². The van der Waals surface area contributed by atoms with Gasteiger partial charge >= 0.3 is 6.18 Å². The standard InChI is InChI=1S/C13H19ClF3NO/c14-11(8-1-2-8)7-18-12(19)9-3-5-10(6-4-9)13(15,16)17/h8-11H,1-7H2,(H,18,19). The molecule has 2 fully saturated rings. The number of halogens is 4. The number of nitrogens with one attached hydrogen (secondary N) is 1. The molecule has 0 radical (unpaired) electrons. The van der Waals surface area contributed by atoms with E-state index in [0.29, 0.717) is 25.3 Å². The minimum atomic E-state index is -4.12. The average molecular weight is 298 g/mol. The van der Waals surface area contributed by atoms with Crippen LogP contribution in [0.2, 0.25) is 0 Å². The van der Waals surface area contributed by atoms with Crippen molar-refractivity contribution < 1.29 is 18.0 Å². The highest BCUT2D eigenvalue weighted by Gasteiger charge is 2.42. The van der Waals surface area contributed by atoms with Gasteiger partial charge < -0.3 is 5.32 Å². The predicted molar refractivity (Wildman–Crippen MR) is 66.9 cm³/mol. The second-order valence-corrected chi connectivity index (χ2v) is 6.25. The summed E-state index contributed by atoms with van der Waals surface area (Å²) in [6.07, 6.45) is -1.11. The van der Waals surface area contributed by atoms with Crippen LogP contribution in [0.4, 0.5) is 13.2 Å². The van der Waals surface area contributed by atoms with Gasteiger partial charge in [-0.2, -0.15) is 13.2 Å². The molecule has 0 spiro atoms. The van der Waals surface area contributed by atoms with Crippen LogP contribution >= 0.6 is 11.6 Å². The van der Waals surface area contributed by atoms with E-state index in [9.17, 15) is 18.0 Å². The summed E-state index contributed by atoms with van der Waals surface area (Å²) >= 11 is 6.08. The van der Waals surface area contributed by atoms with Gasteiger partial charge in [-0.25, -0.2) is 0 Å². The highest BCUT2D eigenvalue weighted by Crippen LogP contribution is 2.39. The maximum absolute atomic E-state index is 12.5. The van der Waals surface area contributed by atoms with Crippen molar-refractivity contribution in [2.24, 2.45) is 17.8 Å². The maximum Gasteiger partial charge on any atom is 0.391 e. The molecule has 1 atom stereocenters. The van der Waals surface area contributed by atoms with Gasteiger partial charge in [-0.05, 0) is 44.4 Å². The van der Waals surface area contributed by atoms with E-state index in [2.05, 4.69) is 5.32 Å². The second kappa shape index (κ2) is 5.90. The number of amides is 1. The first kappa shape index (κ1) is 14.9. The largest absolute Gasteiger partial charge is 0.391 e. The summed E-state index contributed by atoms with van der Waals surface area (Å²) in [4.78, 5) is 11.9. The molecule has 0 aromatic carbocycles. The van der Waals surface area contributed by atoms with Crippen LogP contribution in [0.1, 0.15) is 38.5 Å². The van der Waals surface area contributed by atoms with Gasteiger partial charge in [0.15, 0.2) is 0 Å². The van der Waals surface area contributed by atoms with Crippen molar-refractivity contribution in [2.75, 3.05) is 6.54 Å². The minimum Gasteiger partial charge on any atom is -0.354 e. The van der Waals surface area contributed by atoms with Crippen molar-refractivity contribution in [1.82, 2.24) is 5.32 Å². The first-order chi connectivity index (χ1) is 8.88. The van der Waals surface area contributed by atoms with Gasteiger partial charge in [0.1, 0.15) is 0 Å². The quantitative estimate of drug-likeness (QED) is 0.791. The molecule has 19 heavy (non-hydrogen) atoms. The van der Waals surface area contributed by atoms with Crippen LogP contribution in [0, 0.1) is 17.8 Å². The van der Waals surface area contributed by atoms with Crippen molar-refractivity contribution in [2.45, 2.75) is 50.1 Å². The van der Waals surface area contributed by atoms with E-state index < -0.39 is 12.1 Å². The van der Waals surface area contributed by atoms with Gasteiger partial charge in [0.2, 0.25) is 5.91 Å². The molecule has 0 heterocycles. The Bertz CT molecular complexity index is 322.